The van der Waals surface area contributed by atoms with Gasteiger partial charge in [-0.2, -0.15) is 0 Å². The van der Waals surface area contributed by atoms with Crippen molar-refractivity contribution in [2.24, 2.45) is 0 Å². The molecule has 2 aromatic rings. The third-order valence-corrected chi connectivity index (χ3v) is 3.47. The topological polar surface area (TPSA) is 15.3 Å². The molecule has 0 saturated heterocycles. The van der Waals surface area contributed by atoms with Crippen LogP contribution < -0.4 is 10.2 Å². The van der Waals surface area contributed by atoms with Crippen LogP contribution in [0.15, 0.2) is 42.5 Å². The monoisotopic (exact) mass is 276 g/mol. The average molecular weight is 276 g/mol. The van der Waals surface area contributed by atoms with Gasteiger partial charge in [0.2, 0.25) is 0 Å². The van der Waals surface area contributed by atoms with Crippen LogP contribution in [0, 0.1) is 11.6 Å². The van der Waals surface area contributed by atoms with Gasteiger partial charge < -0.3 is 10.2 Å². The van der Waals surface area contributed by atoms with E-state index in [0.717, 1.165) is 5.56 Å². The Morgan fingerprint density at radius 2 is 1.65 bits per heavy atom. The van der Waals surface area contributed by atoms with Gasteiger partial charge in [0.05, 0.1) is 11.4 Å². The minimum absolute atomic E-state index is 0.0325. The zero-order valence-corrected chi connectivity index (χ0v) is 11.8. The summed E-state index contributed by atoms with van der Waals surface area (Å²) in [7, 11) is 3.48. The van der Waals surface area contributed by atoms with E-state index in [-0.39, 0.29) is 17.7 Å². The quantitative estimate of drug-likeness (QED) is 0.907. The molecule has 106 valence electrons. The van der Waals surface area contributed by atoms with Crippen molar-refractivity contribution in [1.82, 2.24) is 5.32 Å². The number of nitrogens with one attached hydrogen (secondary N) is 1. The van der Waals surface area contributed by atoms with Gasteiger partial charge in [0.1, 0.15) is 11.6 Å². The first-order valence-corrected chi connectivity index (χ1v) is 6.50. The molecule has 2 aromatic carbocycles. The Kier molecular flexibility index (Phi) is 4.35. The van der Waals surface area contributed by atoms with Gasteiger partial charge in [-0.1, -0.05) is 24.3 Å². The maximum absolute atomic E-state index is 14.2. The largest absolute Gasteiger partial charge is 0.340 e. The van der Waals surface area contributed by atoms with Gasteiger partial charge in [-0.05, 0) is 37.7 Å². The second kappa shape index (κ2) is 6.01. The summed E-state index contributed by atoms with van der Waals surface area (Å²) >= 11 is 0. The van der Waals surface area contributed by atoms with Crippen molar-refractivity contribution in [3.8, 4) is 0 Å². The Hall–Kier alpha value is -1.94. The molecule has 2 rings (SSSR count). The summed E-state index contributed by atoms with van der Waals surface area (Å²) in [6, 6.07) is 11.2. The summed E-state index contributed by atoms with van der Waals surface area (Å²) < 4.78 is 28.1. The predicted molar refractivity (Wildman–Crippen MR) is 78.3 cm³/mol. The van der Waals surface area contributed by atoms with Gasteiger partial charge in [-0.3, -0.25) is 0 Å². The second-order valence-corrected chi connectivity index (χ2v) is 4.70. The summed E-state index contributed by atoms with van der Waals surface area (Å²) in [4.78, 5) is 1.55. The molecule has 0 aliphatic rings. The van der Waals surface area contributed by atoms with Gasteiger partial charge in [-0.25, -0.2) is 8.78 Å². The van der Waals surface area contributed by atoms with Crippen LogP contribution in [0.3, 0.4) is 0 Å². The fourth-order valence-corrected chi connectivity index (χ4v) is 2.23. The molecule has 0 aromatic heterocycles. The number of hydrogen-bond acceptors (Lipinski definition) is 2. The Labute approximate surface area is 118 Å². The maximum atomic E-state index is 14.2. The molecule has 4 heteroatoms. The van der Waals surface area contributed by atoms with Crippen molar-refractivity contribution < 1.29 is 8.78 Å². The molecule has 0 spiro atoms. The van der Waals surface area contributed by atoms with Gasteiger partial charge in [0.15, 0.2) is 0 Å². The molecule has 0 heterocycles. The molecule has 1 unspecified atom stereocenters. The highest BCUT2D eigenvalue weighted by Gasteiger charge is 2.19. The number of rotatable bonds is 4. The summed E-state index contributed by atoms with van der Waals surface area (Å²) in [5.41, 5.74) is 1.53. The van der Waals surface area contributed by atoms with E-state index in [0.29, 0.717) is 11.4 Å². The molecule has 0 amide bonds. The molecule has 1 N–H and O–H groups in total. The van der Waals surface area contributed by atoms with E-state index in [2.05, 4.69) is 5.32 Å². The molecule has 20 heavy (non-hydrogen) atoms. The summed E-state index contributed by atoms with van der Waals surface area (Å²) in [6.45, 7) is 1.94. The van der Waals surface area contributed by atoms with E-state index in [1.165, 1.54) is 12.1 Å². The Bertz CT molecular complexity index is 599. The zero-order valence-electron chi connectivity index (χ0n) is 11.8. The van der Waals surface area contributed by atoms with E-state index in [1.54, 1.807) is 36.2 Å². The van der Waals surface area contributed by atoms with Crippen molar-refractivity contribution in [1.29, 1.82) is 0 Å². The molecule has 2 nitrogen and oxygen atoms in total. The Morgan fingerprint density at radius 3 is 2.30 bits per heavy atom. The van der Waals surface area contributed by atoms with E-state index in [1.807, 2.05) is 20.0 Å². The van der Waals surface area contributed by atoms with E-state index >= 15 is 0 Å². The molecule has 0 fully saturated rings. The van der Waals surface area contributed by atoms with Crippen molar-refractivity contribution in [3.63, 3.8) is 0 Å². The third kappa shape index (κ3) is 2.65. The van der Waals surface area contributed by atoms with Crippen LogP contribution in [-0.2, 0) is 0 Å². The number of nitrogens with zero attached hydrogens (tertiary/aromatic N) is 1. The number of benzene rings is 2. The van der Waals surface area contributed by atoms with Gasteiger partial charge in [0.25, 0.3) is 0 Å². The first-order chi connectivity index (χ1) is 9.56. The van der Waals surface area contributed by atoms with Crippen LogP contribution in [0.5, 0.6) is 0 Å². The highest BCUT2D eigenvalue weighted by Crippen LogP contribution is 2.34. The van der Waals surface area contributed by atoms with Crippen LogP contribution in [0.4, 0.5) is 20.2 Å². The summed E-state index contributed by atoms with van der Waals surface area (Å²) in [5, 5.41) is 3.08. The van der Waals surface area contributed by atoms with Crippen molar-refractivity contribution >= 4 is 11.4 Å². The SMILES string of the molecule is CNC(C)c1cccc(F)c1N(C)c1ccccc1F. The first-order valence-electron chi connectivity index (χ1n) is 6.50. The third-order valence-electron chi connectivity index (χ3n) is 3.47. The van der Waals surface area contributed by atoms with Crippen LogP contribution in [0.25, 0.3) is 0 Å². The van der Waals surface area contributed by atoms with Crippen LogP contribution in [-0.4, -0.2) is 14.1 Å². The van der Waals surface area contributed by atoms with Gasteiger partial charge in [-0.15, -0.1) is 0 Å². The highest BCUT2D eigenvalue weighted by molar-refractivity contribution is 5.67. The molecule has 0 radical (unpaired) electrons. The van der Waals surface area contributed by atoms with Crippen molar-refractivity contribution in [2.75, 3.05) is 19.0 Å². The van der Waals surface area contributed by atoms with E-state index in [4.69, 9.17) is 0 Å². The standard InChI is InChI=1S/C16H18F2N2/c1-11(19-2)12-7-6-9-14(18)16(12)20(3)15-10-5-4-8-13(15)17/h4-11,19H,1-3H3. The normalized spacial score (nSPS) is 12.2. The predicted octanol–water partition coefficient (Wildman–Crippen LogP) is 4.01. The lowest BCUT2D eigenvalue weighted by Gasteiger charge is -2.26. The lowest BCUT2D eigenvalue weighted by Crippen LogP contribution is -2.20. The fraction of sp³-hybridized carbons (Fsp3) is 0.250. The van der Waals surface area contributed by atoms with Crippen molar-refractivity contribution in [2.45, 2.75) is 13.0 Å². The van der Waals surface area contributed by atoms with E-state index in [9.17, 15) is 8.78 Å². The smallest absolute Gasteiger partial charge is 0.147 e. The molecule has 0 aliphatic heterocycles. The first kappa shape index (κ1) is 14.5. The summed E-state index contributed by atoms with van der Waals surface area (Å²) in [6.07, 6.45) is 0. The highest BCUT2D eigenvalue weighted by atomic mass is 19.1. The molecular weight excluding hydrogens is 258 g/mol. The Morgan fingerprint density at radius 1 is 1.00 bits per heavy atom. The zero-order chi connectivity index (χ0) is 14.7. The minimum atomic E-state index is -0.374. The molecule has 0 aliphatic carbocycles. The Balaban J connectivity index is 2.54. The molecule has 0 bridgehead atoms. The maximum Gasteiger partial charge on any atom is 0.147 e. The van der Waals surface area contributed by atoms with Crippen LogP contribution >= 0.6 is 0 Å². The van der Waals surface area contributed by atoms with Crippen LogP contribution in [0.2, 0.25) is 0 Å². The van der Waals surface area contributed by atoms with E-state index < -0.39 is 0 Å². The molecule has 1 atom stereocenters. The average Bonchev–Trinajstić information content (AvgIpc) is 2.46. The van der Waals surface area contributed by atoms with Gasteiger partial charge in [0, 0.05) is 13.1 Å². The number of hydrogen-bond donors (Lipinski definition) is 1. The van der Waals surface area contributed by atoms with Crippen molar-refractivity contribution in [3.05, 3.63) is 59.7 Å². The second-order valence-electron chi connectivity index (χ2n) is 4.70. The molecular formula is C16H18F2N2. The number of anilines is 2. The lowest BCUT2D eigenvalue weighted by molar-refractivity contribution is 0.603. The molecule has 0 saturated carbocycles. The minimum Gasteiger partial charge on any atom is -0.340 e. The number of halogens is 2. The van der Waals surface area contributed by atoms with Gasteiger partial charge >= 0.3 is 0 Å². The fourth-order valence-electron chi connectivity index (χ4n) is 2.23. The lowest BCUT2D eigenvalue weighted by atomic mass is 10.0. The summed E-state index contributed by atoms with van der Waals surface area (Å²) in [5.74, 6) is -0.739. The van der Waals surface area contributed by atoms with Crippen LogP contribution in [0.1, 0.15) is 18.5 Å². The number of para-hydroxylation sites is 2.